The van der Waals surface area contributed by atoms with Gasteiger partial charge >= 0.3 is 5.97 Å². The van der Waals surface area contributed by atoms with Crippen LogP contribution in [-0.4, -0.2) is 30.9 Å². The van der Waals surface area contributed by atoms with Crippen LogP contribution in [0.2, 0.25) is 0 Å². The van der Waals surface area contributed by atoms with Crippen LogP contribution in [0.5, 0.6) is 5.88 Å². The van der Waals surface area contributed by atoms with Gasteiger partial charge in [0.25, 0.3) is 0 Å². The number of rotatable bonds is 2. The number of aromatic carboxylic acids is 1. The number of aromatic hydroxyl groups is 1. The minimum Gasteiger partial charge on any atom is -0.493 e. The van der Waals surface area contributed by atoms with Crippen molar-refractivity contribution in [2.24, 2.45) is 7.05 Å². The topological polar surface area (TPSA) is 88.2 Å². The van der Waals surface area contributed by atoms with Gasteiger partial charge in [-0.05, 0) is 19.1 Å². The first kappa shape index (κ1) is 11.1. The third-order valence-corrected chi connectivity index (χ3v) is 2.38. The fourth-order valence-corrected chi connectivity index (χ4v) is 1.54. The zero-order valence-corrected chi connectivity index (χ0v) is 9.38. The molecule has 2 rings (SSSR count). The molecule has 2 aromatic rings. The molecular weight excluding hydrogens is 222 g/mol. The standard InChI is InChI=1S/C11H11N3O3/c1-6-3-7(11(16)17)4-9(13-6)8-5-12-14(2)10(8)15/h3-5,15H,1-2H3,(H,16,17). The number of pyridine rings is 1. The molecule has 6 heteroatoms. The predicted octanol–water partition coefficient (Wildman–Crippen LogP) is 1.19. The smallest absolute Gasteiger partial charge is 0.335 e. The second-order valence-electron chi connectivity index (χ2n) is 3.69. The number of carboxylic acid groups (broad SMARTS) is 1. The minimum atomic E-state index is -1.03. The molecule has 0 unspecified atom stereocenters. The summed E-state index contributed by atoms with van der Waals surface area (Å²) in [6.07, 6.45) is 1.45. The van der Waals surface area contributed by atoms with Crippen LogP contribution in [0.15, 0.2) is 18.3 Å². The van der Waals surface area contributed by atoms with Crippen molar-refractivity contribution in [3.8, 4) is 17.1 Å². The highest BCUT2D eigenvalue weighted by Crippen LogP contribution is 2.27. The first-order valence-corrected chi connectivity index (χ1v) is 4.92. The molecule has 0 aliphatic heterocycles. The maximum atomic E-state index is 10.9. The first-order valence-electron chi connectivity index (χ1n) is 4.92. The number of carboxylic acids is 1. The van der Waals surface area contributed by atoms with E-state index >= 15 is 0 Å². The van der Waals surface area contributed by atoms with Crippen LogP contribution < -0.4 is 0 Å². The van der Waals surface area contributed by atoms with Crippen molar-refractivity contribution in [3.05, 3.63) is 29.6 Å². The van der Waals surface area contributed by atoms with Gasteiger partial charge in [0.05, 0.1) is 23.0 Å². The number of nitrogens with zero attached hydrogens (tertiary/aromatic N) is 3. The maximum Gasteiger partial charge on any atom is 0.335 e. The molecule has 17 heavy (non-hydrogen) atoms. The molecule has 0 aliphatic carbocycles. The van der Waals surface area contributed by atoms with Gasteiger partial charge in [-0.3, -0.25) is 4.98 Å². The van der Waals surface area contributed by atoms with Crippen LogP contribution in [0, 0.1) is 6.92 Å². The lowest BCUT2D eigenvalue weighted by Gasteiger charge is -2.03. The molecule has 0 fully saturated rings. The Morgan fingerprint density at radius 3 is 2.65 bits per heavy atom. The maximum absolute atomic E-state index is 10.9. The Morgan fingerprint density at radius 1 is 1.41 bits per heavy atom. The number of hydrogen-bond donors (Lipinski definition) is 2. The van der Waals surface area contributed by atoms with E-state index < -0.39 is 5.97 Å². The van der Waals surface area contributed by atoms with Gasteiger partial charge in [0, 0.05) is 12.7 Å². The predicted molar refractivity (Wildman–Crippen MR) is 59.8 cm³/mol. The summed E-state index contributed by atoms with van der Waals surface area (Å²) in [6.45, 7) is 1.70. The van der Waals surface area contributed by atoms with Gasteiger partial charge in [-0.2, -0.15) is 5.10 Å². The fraction of sp³-hybridized carbons (Fsp3) is 0.182. The molecule has 0 radical (unpaired) electrons. The lowest BCUT2D eigenvalue weighted by atomic mass is 10.1. The van der Waals surface area contributed by atoms with Crippen molar-refractivity contribution in [1.29, 1.82) is 0 Å². The van der Waals surface area contributed by atoms with Crippen LogP contribution in [0.4, 0.5) is 0 Å². The minimum absolute atomic E-state index is 0.0422. The van der Waals surface area contributed by atoms with Gasteiger partial charge in [0.15, 0.2) is 0 Å². The van der Waals surface area contributed by atoms with Crippen LogP contribution in [0.1, 0.15) is 16.1 Å². The average molecular weight is 233 g/mol. The van der Waals surface area contributed by atoms with E-state index in [4.69, 9.17) is 5.11 Å². The molecule has 0 aliphatic rings. The molecule has 2 heterocycles. The Kier molecular flexibility index (Phi) is 2.55. The molecule has 0 aromatic carbocycles. The van der Waals surface area contributed by atoms with Crippen molar-refractivity contribution < 1.29 is 15.0 Å². The van der Waals surface area contributed by atoms with E-state index in [1.165, 1.54) is 23.0 Å². The Hall–Kier alpha value is -2.37. The van der Waals surface area contributed by atoms with Crippen LogP contribution in [0.3, 0.4) is 0 Å². The van der Waals surface area contributed by atoms with E-state index in [0.29, 0.717) is 17.0 Å². The van der Waals surface area contributed by atoms with Crippen molar-refractivity contribution in [3.63, 3.8) is 0 Å². The quantitative estimate of drug-likeness (QED) is 0.813. The van der Waals surface area contributed by atoms with Crippen molar-refractivity contribution in [1.82, 2.24) is 14.8 Å². The third kappa shape index (κ3) is 1.96. The SMILES string of the molecule is Cc1cc(C(=O)O)cc(-c2cnn(C)c2O)n1. The van der Waals surface area contributed by atoms with E-state index in [-0.39, 0.29) is 11.4 Å². The lowest BCUT2D eigenvalue weighted by Crippen LogP contribution is -1.99. The second-order valence-corrected chi connectivity index (χ2v) is 3.69. The van der Waals surface area contributed by atoms with Crippen molar-refractivity contribution in [2.75, 3.05) is 0 Å². The van der Waals surface area contributed by atoms with Crippen molar-refractivity contribution in [2.45, 2.75) is 6.92 Å². The molecule has 2 aromatic heterocycles. The summed E-state index contributed by atoms with van der Waals surface area (Å²) < 4.78 is 1.29. The van der Waals surface area contributed by atoms with Gasteiger partial charge in [-0.1, -0.05) is 0 Å². The molecule has 0 amide bonds. The molecule has 0 saturated carbocycles. The third-order valence-electron chi connectivity index (χ3n) is 2.38. The largest absolute Gasteiger partial charge is 0.493 e. The lowest BCUT2D eigenvalue weighted by molar-refractivity contribution is 0.0696. The summed E-state index contributed by atoms with van der Waals surface area (Å²) in [6, 6.07) is 2.88. The highest BCUT2D eigenvalue weighted by atomic mass is 16.4. The number of aryl methyl sites for hydroxylation is 2. The molecule has 2 N–H and O–H groups in total. The molecule has 0 spiro atoms. The summed E-state index contributed by atoms with van der Waals surface area (Å²) in [7, 11) is 1.59. The van der Waals surface area contributed by atoms with Crippen LogP contribution >= 0.6 is 0 Å². The fourth-order valence-electron chi connectivity index (χ4n) is 1.54. The summed E-state index contributed by atoms with van der Waals surface area (Å²) in [5.41, 5.74) is 1.52. The van der Waals surface area contributed by atoms with Crippen molar-refractivity contribution >= 4 is 5.97 Å². The van der Waals surface area contributed by atoms with E-state index in [0.717, 1.165) is 0 Å². The Morgan fingerprint density at radius 2 is 2.12 bits per heavy atom. The zero-order chi connectivity index (χ0) is 12.6. The Bertz CT molecular complexity index is 590. The highest BCUT2D eigenvalue weighted by molar-refractivity contribution is 5.89. The summed E-state index contributed by atoms with van der Waals surface area (Å²) in [5.74, 6) is -1.07. The first-order chi connectivity index (χ1) is 7.99. The van der Waals surface area contributed by atoms with Gasteiger partial charge in [0.2, 0.25) is 5.88 Å². The molecule has 0 saturated heterocycles. The van der Waals surface area contributed by atoms with Gasteiger partial charge in [0.1, 0.15) is 0 Å². The van der Waals surface area contributed by atoms with Crippen LogP contribution in [-0.2, 0) is 7.05 Å². The average Bonchev–Trinajstić information content (AvgIpc) is 2.59. The Balaban J connectivity index is 2.60. The summed E-state index contributed by atoms with van der Waals surface area (Å²) in [5, 5.41) is 22.5. The molecular formula is C11H11N3O3. The van der Waals surface area contributed by atoms with E-state index in [9.17, 15) is 9.90 Å². The Labute approximate surface area is 97.2 Å². The van der Waals surface area contributed by atoms with E-state index in [1.54, 1.807) is 14.0 Å². The molecule has 6 nitrogen and oxygen atoms in total. The summed E-state index contributed by atoms with van der Waals surface area (Å²) in [4.78, 5) is 15.1. The molecule has 0 bridgehead atoms. The van der Waals surface area contributed by atoms with Gasteiger partial charge in [-0.25, -0.2) is 9.48 Å². The van der Waals surface area contributed by atoms with E-state index in [2.05, 4.69) is 10.1 Å². The normalized spacial score (nSPS) is 10.5. The highest BCUT2D eigenvalue weighted by Gasteiger charge is 2.13. The zero-order valence-electron chi connectivity index (χ0n) is 9.38. The molecule has 0 atom stereocenters. The van der Waals surface area contributed by atoms with Gasteiger partial charge in [-0.15, -0.1) is 0 Å². The second kappa shape index (κ2) is 3.89. The van der Waals surface area contributed by atoms with E-state index in [1.807, 2.05) is 0 Å². The number of aromatic nitrogens is 3. The van der Waals surface area contributed by atoms with Crippen LogP contribution in [0.25, 0.3) is 11.3 Å². The van der Waals surface area contributed by atoms with Gasteiger partial charge < -0.3 is 10.2 Å². The molecule has 88 valence electrons. The number of hydrogen-bond acceptors (Lipinski definition) is 4. The monoisotopic (exact) mass is 233 g/mol. The summed E-state index contributed by atoms with van der Waals surface area (Å²) >= 11 is 0. The number of carbonyl (C=O) groups is 1.